The number of hydrogen-bond donors (Lipinski definition) is 2. The summed E-state index contributed by atoms with van der Waals surface area (Å²) in [6.07, 6.45) is 0.924. The lowest BCUT2D eigenvalue weighted by Crippen LogP contribution is -1.89. The van der Waals surface area contributed by atoms with Crippen molar-refractivity contribution in [3.63, 3.8) is 0 Å². The molecule has 2 aromatic carbocycles. The normalized spacial score (nSPS) is 10.3. The molecule has 0 N–H and O–H groups in total. The van der Waals surface area contributed by atoms with E-state index in [9.17, 15) is 0 Å². The molecular weight excluding hydrogens is 220 g/mol. The molecule has 0 saturated heterocycles. The van der Waals surface area contributed by atoms with Crippen molar-refractivity contribution in [2.24, 2.45) is 0 Å². The van der Waals surface area contributed by atoms with Crippen LogP contribution in [-0.4, -0.2) is 0 Å². The second-order valence-electron chi connectivity index (χ2n) is 3.47. The fraction of sp³-hybridized carbons (Fsp3) is 0.0769. The first-order chi connectivity index (χ1) is 7.25. The van der Waals surface area contributed by atoms with Crippen LogP contribution in [0.3, 0.4) is 0 Å². The van der Waals surface area contributed by atoms with Crippen molar-refractivity contribution in [1.82, 2.24) is 0 Å². The molecule has 0 nitrogen and oxygen atoms in total. The summed E-state index contributed by atoms with van der Waals surface area (Å²) in [5.74, 6) is 0. The topological polar surface area (TPSA) is 0 Å². The third-order valence-corrected chi connectivity index (χ3v) is 3.06. The van der Waals surface area contributed by atoms with Crippen molar-refractivity contribution in [3.8, 4) is 0 Å². The SMILES string of the molecule is Sc1ccc(Cc2ccccc2S)cc1. The summed E-state index contributed by atoms with van der Waals surface area (Å²) in [6.45, 7) is 0. The molecular formula is C13H12S2. The fourth-order valence-electron chi connectivity index (χ4n) is 1.49. The summed E-state index contributed by atoms with van der Waals surface area (Å²) in [5.41, 5.74) is 2.54. The summed E-state index contributed by atoms with van der Waals surface area (Å²) in [6, 6.07) is 16.4. The van der Waals surface area contributed by atoms with Gasteiger partial charge in [-0.25, -0.2) is 0 Å². The van der Waals surface area contributed by atoms with E-state index in [4.69, 9.17) is 0 Å². The molecule has 0 heterocycles. The van der Waals surface area contributed by atoms with Crippen LogP contribution in [0.15, 0.2) is 58.3 Å². The van der Waals surface area contributed by atoms with Gasteiger partial charge >= 0.3 is 0 Å². The molecule has 76 valence electrons. The maximum Gasteiger partial charge on any atom is 0.00754 e. The molecule has 0 aliphatic rings. The van der Waals surface area contributed by atoms with Gasteiger partial charge in [-0.2, -0.15) is 0 Å². The highest BCUT2D eigenvalue weighted by molar-refractivity contribution is 7.80. The standard InChI is InChI=1S/C13H12S2/c14-12-7-5-10(6-8-12)9-11-3-1-2-4-13(11)15/h1-8,14-15H,9H2. The highest BCUT2D eigenvalue weighted by Gasteiger charge is 1.99. The molecule has 2 rings (SSSR count). The Balaban J connectivity index is 2.22. The lowest BCUT2D eigenvalue weighted by atomic mass is 10.1. The van der Waals surface area contributed by atoms with Gasteiger partial charge in [-0.15, -0.1) is 25.3 Å². The van der Waals surface area contributed by atoms with E-state index < -0.39 is 0 Å². The zero-order chi connectivity index (χ0) is 10.7. The van der Waals surface area contributed by atoms with E-state index in [0.29, 0.717) is 0 Å². The average Bonchev–Trinajstić information content (AvgIpc) is 2.25. The predicted molar refractivity (Wildman–Crippen MR) is 70.2 cm³/mol. The highest BCUT2D eigenvalue weighted by atomic mass is 32.1. The highest BCUT2D eigenvalue weighted by Crippen LogP contribution is 2.18. The summed E-state index contributed by atoms with van der Waals surface area (Å²) < 4.78 is 0. The first-order valence-corrected chi connectivity index (χ1v) is 5.70. The predicted octanol–water partition coefficient (Wildman–Crippen LogP) is 3.85. The van der Waals surface area contributed by atoms with Gasteiger partial charge in [-0.3, -0.25) is 0 Å². The minimum atomic E-state index is 0.924. The van der Waals surface area contributed by atoms with Gasteiger partial charge in [0.15, 0.2) is 0 Å². The monoisotopic (exact) mass is 232 g/mol. The van der Waals surface area contributed by atoms with Gasteiger partial charge in [0.1, 0.15) is 0 Å². The molecule has 15 heavy (non-hydrogen) atoms. The van der Waals surface area contributed by atoms with Crippen LogP contribution in [0.1, 0.15) is 11.1 Å². The Morgan fingerprint density at radius 1 is 0.800 bits per heavy atom. The van der Waals surface area contributed by atoms with E-state index >= 15 is 0 Å². The van der Waals surface area contributed by atoms with Crippen LogP contribution in [0.4, 0.5) is 0 Å². The zero-order valence-corrected chi connectivity index (χ0v) is 10.0. The van der Waals surface area contributed by atoms with E-state index in [0.717, 1.165) is 16.2 Å². The Morgan fingerprint density at radius 3 is 2.13 bits per heavy atom. The van der Waals surface area contributed by atoms with Crippen molar-refractivity contribution in [3.05, 3.63) is 59.7 Å². The summed E-state index contributed by atoms with van der Waals surface area (Å²) in [5, 5.41) is 0. The van der Waals surface area contributed by atoms with E-state index in [2.05, 4.69) is 43.5 Å². The third-order valence-electron chi connectivity index (χ3n) is 2.32. The van der Waals surface area contributed by atoms with E-state index in [1.165, 1.54) is 11.1 Å². The van der Waals surface area contributed by atoms with Crippen LogP contribution in [0, 0.1) is 0 Å². The van der Waals surface area contributed by atoms with E-state index in [-0.39, 0.29) is 0 Å². The molecule has 0 spiro atoms. The Kier molecular flexibility index (Phi) is 3.39. The van der Waals surface area contributed by atoms with E-state index in [1.54, 1.807) is 0 Å². The minimum Gasteiger partial charge on any atom is -0.143 e. The van der Waals surface area contributed by atoms with Crippen molar-refractivity contribution in [2.75, 3.05) is 0 Å². The summed E-state index contributed by atoms with van der Waals surface area (Å²) >= 11 is 8.70. The molecule has 0 unspecified atom stereocenters. The van der Waals surface area contributed by atoms with Gasteiger partial charge < -0.3 is 0 Å². The molecule has 0 aromatic heterocycles. The Labute approximate surface area is 101 Å². The lowest BCUT2D eigenvalue weighted by Gasteiger charge is -2.04. The van der Waals surface area contributed by atoms with Crippen molar-refractivity contribution < 1.29 is 0 Å². The van der Waals surface area contributed by atoms with Gasteiger partial charge in [0.2, 0.25) is 0 Å². The largest absolute Gasteiger partial charge is 0.143 e. The van der Waals surface area contributed by atoms with Crippen molar-refractivity contribution in [2.45, 2.75) is 16.2 Å². The number of hydrogen-bond acceptors (Lipinski definition) is 2. The van der Waals surface area contributed by atoms with Gasteiger partial charge in [-0.1, -0.05) is 30.3 Å². The first kappa shape index (κ1) is 10.7. The quantitative estimate of drug-likeness (QED) is 0.722. The van der Waals surface area contributed by atoms with Crippen molar-refractivity contribution in [1.29, 1.82) is 0 Å². The van der Waals surface area contributed by atoms with Crippen LogP contribution in [0.2, 0.25) is 0 Å². The van der Waals surface area contributed by atoms with Gasteiger partial charge in [0, 0.05) is 9.79 Å². The van der Waals surface area contributed by atoms with Crippen LogP contribution in [-0.2, 0) is 6.42 Å². The van der Waals surface area contributed by atoms with Gasteiger partial charge in [0.05, 0.1) is 0 Å². The number of thiol groups is 2. The lowest BCUT2D eigenvalue weighted by molar-refractivity contribution is 1.12. The third kappa shape index (κ3) is 2.80. The van der Waals surface area contributed by atoms with Gasteiger partial charge in [-0.05, 0) is 35.7 Å². The summed E-state index contributed by atoms with van der Waals surface area (Å²) in [4.78, 5) is 2.05. The fourth-order valence-corrected chi connectivity index (χ4v) is 1.88. The molecule has 0 aliphatic carbocycles. The summed E-state index contributed by atoms with van der Waals surface area (Å²) in [7, 11) is 0. The molecule has 0 amide bonds. The van der Waals surface area contributed by atoms with Crippen LogP contribution >= 0.6 is 25.3 Å². The zero-order valence-electron chi connectivity index (χ0n) is 8.22. The molecule has 2 aromatic rings. The van der Waals surface area contributed by atoms with E-state index in [1.807, 2.05) is 30.3 Å². The van der Waals surface area contributed by atoms with Crippen LogP contribution in [0.25, 0.3) is 0 Å². The average molecular weight is 232 g/mol. The Bertz CT molecular complexity index is 446. The molecule has 0 atom stereocenters. The first-order valence-electron chi connectivity index (χ1n) is 4.80. The molecule has 0 bridgehead atoms. The molecule has 0 fully saturated rings. The number of rotatable bonds is 2. The smallest absolute Gasteiger partial charge is 0.00754 e. The molecule has 0 aliphatic heterocycles. The Hall–Kier alpha value is -0.860. The maximum absolute atomic E-state index is 4.43. The number of benzene rings is 2. The minimum absolute atomic E-state index is 0.924. The van der Waals surface area contributed by atoms with Gasteiger partial charge in [0.25, 0.3) is 0 Å². The second kappa shape index (κ2) is 4.77. The van der Waals surface area contributed by atoms with Crippen LogP contribution < -0.4 is 0 Å². The molecule has 2 heteroatoms. The van der Waals surface area contributed by atoms with Crippen LogP contribution in [0.5, 0.6) is 0 Å². The van der Waals surface area contributed by atoms with Crippen molar-refractivity contribution >= 4 is 25.3 Å². The Morgan fingerprint density at radius 2 is 1.47 bits per heavy atom. The molecule has 0 radical (unpaired) electrons. The molecule has 0 saturated carbocycles. The maximum atomic E-state index is 4.43. The second-order valence-corrected chi connectivity index (χ2v) is 4.47.